The molecule has 1 aliphatic heterocycles. The first-order valence-corrected chi connectivity index (χ1v) is 9.35. The standard InChI is InChI=1S/C16H25N3O3S/c1-12-3-4-15(11-13(12)2)23(21,22)19-9-5-14(6-10-19)16(20)18-8-7-17/h3-4,11,14H,5-10,17H2,1-2H3,(H,18,20). The summed E-state index contributed by atoms with van der Waals surface area (Å²) >= 11 is 0. The number of amides is 1. The third-order valence-electron chi connectivity index (χ3n) is 4.38. The highest BCUT2D eigenvalue weighted by molar-refractivity contribution is 7.89. The number of carbonyl (C=O) groups excluding carboxylic acids is 1. The van der Waals surface area contributed by atoms with Gasteiger partial charge >= 0.3 is 0 Å². The number of benzene rings is 1. The Bertz CT molecular complexity index is 665. The fourth-order valence-corrected chi connectivity index (χ4v) is 4.28. The lowest BCUT2D eigenvalue weighted by Crippen LogP contribution is -2.43. The van der Waals surface area contributed by atoms with Crippen LogP contribution in [0.3, 0.4) is 0 Å². The first-order chi connectivity index (χ1) is 10.9. The van der Waals surface area contributed by atoms with E-state index in [0.29, 0.717) is 43.9 Å². The predicted molar refractivity (Wildman–Crippen MR) is 89.5 cm³/mol. The molecule has 2 rings (SSSR count). The number of nitrogens with one attached hydrogen (secondary N) is 1. The number of rotatable bonds is 5. The van der Waals surface area contributed by atoms with Crippen molar-refractivity contribution in [3.63, 3.8) is 0 Å². The second-order valence-electron chi connectivity index (χ2n) is 6.00. The summed E-state index contributed by atoms with van der Waals surface area (Å²) < 4.78 is 26.9. The van der Waals surface area contributed by atoms with Crippen molar-refractivity contribution in [3.05, 3.63) is 29.3 Å². The van der Waals surface area contributed by atoms with Crippen LogP contribution in [0.1, 0.15) is 24.0 Å². The maximum absolute atomic E-state index is 12.7. The quantitative estimate of drug-likeness (QED) is 0.829. The number of sulfonamides is 1. The lowest BCUT2D eigenvalue weighted by Gasteiger charge is -2.30. The molecule has 0 unspecified atom stereocenters. The van der Waals surface area contributed by atoms with Crippen molar-refractivity contribution in [1.82, 2.24) is 9.62 Å². The second-order valence-corrected chi connectivity index (χ2v) is 7.94. The molecule has 0 bridgehead atoms. The first-order valence-electron chi connectivity index (χ1n) is 7.91. The van der Waals surface area contributed by atoms with Crippen LogP contribution in [-0.2, 0) is 14.8 Å². The SMILES string of the molecule is Cc1ccc(S(=O)(=O)N2CCC(C(=O)NCCN)CC2)cc1C. The van der Waals surface area contributed by atoms with E-state index in [4.69, 9.17) is 5.73 Å². The van der Waals surface area contributed by atoms with Crippen LogP contribution in [0.5, 0.6) is 0 Å². The monoisotopic (exact) mass is 339 g/mol. The molecular formula is C16H25N3O3S. The van der Waals surface area contributed by atoms with Crippen molar-refractivity contribution in [2.75, 3.05) is 26.2 Å². The number of piperidine rings is 1. The van der Waals surface area contributed by atoms with Crippen molar-refractivity contribution in [1.29, 1.82) is 0 Å². The fourth-order valence-electron chi connectivity index (χ4n) is 2.72. The van der Waals surface area contributed by atoms with E-state index in [1.807, 2.05) is 19.9 Å². The molecule has 1 heterocycles. The number of nitrogens with zero attached hydrogens (tertiary/aromatic N) is 1. The molecule has 0 atom stereocenters. The molecule has 0 aromatic heterocycles. The van der Waals surface area contributed by atoms with E-state index in [0.717, 1.165) is 11.1 Å². The van der Waals surface area contributed by atoms with Crippen LogP contribution < -0.4 is 11.1 Å². The molecule has 128 valence electrons. The first kappa shape index (κ1) is 17.9. The molecule has 0 radical (unpaired) electrons. The van der Waals surface area contributed by atoms with E-state index in [-0.39, 0.29) is 11.8 Å². The van der Waals surface area contributed by atoms with Gasteiger partial charge in [0.15, 0.2) is 0 Å². The Hall–Kier alpha value is -1.44. The second kappa shape index (κ2) is 7.42. The van der Waals surface area contributed by atoms with E-state index in [1.54, 1.807) is 12.1 Å². The Kier molecular flexibility index (Phi) is 5.78. The van der Waals surface area contributed by atoms with E-state index in [1.165, 1.54) is 4.31 Å². The van der Waals surface area contributed by atoms with E-state index in [9.17, 15) is 13.2 Å². The van der Waals surface area contributed by atoms with Gasteiger partial charge < -0.3 is 11.1 Å². The number of hydrogen-bond donors (Lipinski definition) is 2. The summed E-state index contributed by atoms with van der Waals surface area (Å²) in [6.07, 6.45) is 1.08. The minimum atomic E-state index is -3.49. The highest BCUT2D eigenvalue weighted by Crippen LogP contribution is 2.25. The van der Waals surface area contributed by atoms with Gasteiger partial charge in [0.1, 0.15) is 0 Å². The summed E-state index contributed by atoms with van der Waals surface area (Å²) in [6, 6.07) is 5.19. The molecule has 3 N–H and O–H groups in total. The van der Waals surface area contributed by atoms with Crippen molar-refractivity contribution < 1.29 is 13.2 Å². The largest absolute Gasteiger partial charge is 0.355 e. The molecule has 1 aliphatic rings. The highest BCUT2D eigenvalue weighted by atomic mass is 32.2. The Balaban J connectivity index is 2.03. The molecule has 0 aliphatic carbocycles. The Morgan fingerprint density at radius 1 is 1.26 bits per heavy atom. The van der Waals surface area contributed by atoms with Gasteiger partial charge in [-0.3, -0.25) is 4.79 Å². The van der Waals surface area contributed by atoms with E-state index >= 15 is 0 Å². The molecule has 1 fully saturated rings. The number of nitrogens with two attached hydrogens (primary N) is 1. The zero-order chi connectivity index (χ0) is 17.0. The summed E-state index contributed by atoms with van der Waals surface area (Å²) in [5.74, 6) is -0.161. The normalized spacial score (nSPS) is 17.2. The molecule has 1 saturated heterocycles. The molecule has 0 saturated carbocycles. The average molecular weight is 339 g/mol. The minimum absolute atomic E-state index is 0.0290. The lowest BCUT2D eigenvalue weighted by molar-refractivity contribution is -0.126. The van der Waals surface area contributed by atoms with Crippen LogP contribution >= 0.6 is 0 Å². The van der Waals surface area contributed by atoms with Gasteiger partial charge in [0, 0.05) is 32.1 Å². The highest BCUT2D eigenvalue weighted by Gasteiger charge is 2.32. The average Bonchev–Trinajstić information content (AvgIpc) is 2.55. The molecule has 7 heteroatoms. The third kappa shape index (κ3) is 4.10. The summed E-state index contributed by atoms with van der Waals surface area (Å²) in [7, 11) is -3.49. The molecule has 0 spiro atoms. The topological polar surface area (TPSA) is 92.5 Å². The van der Waals surface area contributed by atoms with Gasteiger partial charge in [0.2, 0.25) is 15.9 Å². The van der Waals surface area contributed by atoms with Gasteiger partial charge in [-0.1, -0.05) is 6.07 Å². The summed E-state index contributed by atoms with van der Waals surface area (Å²) in [4.78, 5) is 12.3. The van der Waals surface area contributed by atoms with Crippen LogP contribution in [0.4, 0.5) is 0 Å². The summed E-state index contributed by atoms with van der Waals surface area (Å²) in [5.41, 5.74) is 7.40. The number of carbonyl (C=O) groups is 1. The molecule has 6 nitrogen and oxygen atoms in total. The van der Waals surface area contributed by atoms with Crippen molar-refractivity contribution in [2.45, 2.75) is 31.6 Å². The third-order valence-corrected chi connectivity index (χ3v) is 6.28. The van der Waals surface area contributed by atoms with Crippen LogP contribution in [0.15, 0.2) is 23.1 Å². The number of hydrogen-bond acceptors (Lipinski definition) is 4. The minimum Gasteiger partial charge on any atom is -0.355 e. The van der Waals surface area contributed by atoms with Gasteiger partial charge in [-0.05, 0) is 49.9 Å². The maximum atomic E-state index is 12.7. The zero-order valence-electron chi connectivity index (χ0n) is 13.7. The molecule has 1 amide bonds. The molecule has 23 heavy (non-hydrogen) atoms. The van der Waals surface area contributed by atoms with Crippen LogP contribution in [-0.4, -0.2) is 44.8 Å². The lowest BCUT2D eigenvalue weighted by atomic mass is 9.97. The smallest absolute Gasteiger partial charge is 0.243 e. The van der Waals surface area contributed by atoms with Crippen molar-refractivity contribution >= 4 is 15.9 Å². The number of aryl methyl sites for hydroxylation is 2. The van der Waals surface area contributed by atoms with Gasteiger partial charge in [-0.15, -0.1) is 0 Å². The van der Waals surface area contributed by atoms with E-state index in [2.05, 4.69) is 5.32 Å². The van der Waals surface area contributed by atoms with Gasteiger partial charge in [-0.25, -0.2) is 8.42 Å². The van der Waals surface area contributed by atoms with Crippen LogP contribution in [0.2, 0.25) is 0 Å². The maximum Gasteiger partial charge on any atom is 0.243 e. The molecular weight excluding hydrogens is 314 g/mol. The summed E-state index contributed by atoms with van der Waals surface area (Å²) in [5, 5.41) is 2.77. The Labute approximate surface area is 138 Å². The van der Waals surface area contributed by atoms with Crippen molar-refractivity contribution in [2.24, 2.45) is 11.7 Å². The van der Waals surface area contributed by atoms with Crippen LogP contribution in [0.25, 0.3) is 0 Å². The fraction of sp³-hybridized carbons (Fsp3) is 0.562. The van der Waals surface area contributed by atoms with Crippen LogP contribution in [0, 0.1) is 19.8 Å². The molecule has 1 aromatic rings. The van der Waals surface area contributed by atoms with Gasteiger partial charge in [0.25, 0.3) is 0 Å². The zero-order valence-corrected chi connectivity index (χ0v) is 14.5. The molecule has 1 aromatic carbocycles. The van der Waals surface area contributed by atoms with Crippen molar-refractivity contribution in [3.8, 4) is 0 Å². The Morgan fingerprint density at radius 2 is 1.91 bits per heavy atom. The predicted octanol–water partition coefficient (Wildman–Crippen LogP) is 0.779. The summed E-state index contributed by atoms with van der Waals surface area (Å²) in [6.45, 7) is 5.47. The van der Waals surface area contributed by atoms with Gasteiger partial charge in [0.05, 0.1) is 4.90 Å². The Morgan fingerprint density at radius 3 is 2.48 bits per heavy atom. The van der Waals surface area contributed by atoms with Gasteiger partial charge in [-0.2, -0.15) is 4.31 Å². The van der Waals surface area contributed by atoms with E-state index < -0.39 is 10.0 Å².